The number of hydrogen-bond donors (Lipinski definition) is 5. The van der Waals surface area contributed by atoms with E-state index in [1.54, 1.807) is 54.6 Å². The lowest BCUT2D eigenvalue weighted by atomic mass is 10.1. The Morgan fingerprint density at radius 1 is 0.559 bits per heavy atom. The summed E-state index contributed by atoms with van der Waals surface area (Å²) in [5.74, 6) is -0.00121. The number of sulfonamides is 2. The average Bonchev–Trinajstić information content (AvgIpc) is 3.30. The lowest BCUT2D eigenvalue weighted by Crippen LogP contribution is -2.14. The zero-order chi connectivity index (χ0) is 49.1. The van der Waals surface area contributed by atoms with Crippen LogP contribution in [0.4, 0.5) is 22.7 Å². The standard InChI is InChI=1S/C25H26N2O7S.C22H20N2O8S/c1-18(28)26-20-9-13-23(14-10-20)35(31,32)27-21-7-11-22(12-8-21)33-16-17-34-24-5-3-2-4-19(24)6-15-25(29)30;25-22(26)15-16-5-1-3-7-20(16)32-14-13-31-18-11-9-17(10-12-18)23-33(29,30)21-8-4-2-6-19(21)24(27)28/h2-5,7-14,27H,6,15-17H2,1H3,(H,26,28)(H,29,30);1-12,23H,13-15H2,(H,25,26). The summed E-state index contributed by atoms with van der Waals surface area (Å²) in [5.41, 5.74) is 1.93. The van der Waals surface area contributed by atoms with Gasteiger partial charge in [-0.15, -0.1) is 0 Å². The van der Waals surface area contributed by atoms with Gasteiger partial charge in [-0.3, -0.25) is 33.9 Å². The van der Waals surface area contributed by atoms with Gasteiger partial charge < -0.3 is 34.5 Å². The number of nitro groups is 1. The first-order chi connectivity index (χ1) is 32.5. The molecule has 0 heterocycles. The summed E-state index contributed by atoms with van der Waals surface area (Å²) in [6, 6.07) is 37.4. The van der Waals surface area contributed by atoms with Crippen LogP contribution in [0.25, 0.3) is 0 Å². The van der Waals surface area contributed by atoms with E-state index in [1.165, 1.54) is 67.6 Å². The lowest BCUT2D eigenvalue weighted by molar-refractivity contribution is -0.387. The lowest BCUT2D eigenvalue weighted by Gasteiger charge is -2.12. The molecule has 6 aromatic rings. The quantitative estimate of drug-likeness (QED) is 0.0238. The van der Waals surface area contributed by atoms with Crippen molar-refractivity contribution in [1.29, 1.82) is 0 Å². The van der Waals surface area contributed by atoms with Crippen LogP contribution in [0, 0.1) is 10.1 Å². The van der Waals surface area contributed by atoms with E-state index in [4.69, 9.17) is 29.2 Å². The predicted octanol–water partition coefficient (Wildman–Crippen LogP) is 7.40. The van der Waals surface area contributed by atoms with E-state index in [0.29, 0.717) is 46.4 Å². The number of carboxylic acid groups (broad SMARTS) is 2. The van der Waals surface area contributed by atoms with Crippen molar-refractivity contribution in [3.63, 3.8) is 0 Å². The molecule has 6 rings (SSSR count). The molecule has 0 unspecified atom stereocenters. The number of benzene rings is 6. The fraction of sp³-hybridized carbons (Fsp3) is 0.170. The van der Waals surface area contributed by atoms with Gasteiger partial charge in [-0.2, -0.15) is 0 Å². The molecule has 0 aromatic heterocycles. The number of aryl methyl sites for hydroxylation is 1. The average molecular weight is 971 g/mol. The van der Waals surface area contributed by atoms with Gasteiger partial charge in [0.25, 0.3) is 25.7 Å². The zero-order valence-electron chi connectivity index (χ0n) is 36.3. The third-order valence-corrected chi connectivity index (χ3v) is 12.0. The molecule has 0 aliphatic carbocycles. The van der Waals surface area contributed by atoms with Crippen LogP contribution in [0.5, 0.6) is 23.0 Å². The summed E-state index contributed by atoms with van der Waals surface area (Å²) in [4.78, 5) is 42.8. The first kappa shape index (κ1) is 50.8. The minimum atomic E-state index is -4.16. The van der Waals surface area contributed by atoms with Crippen LogP contribution >= 0.6 is 0 Å². The Hall–Kier alpha value is -8.17. The Balaban J connectivity index is 0.000000255. The third kappa shape index (κ3) is 16.1. The summed E-state index contributed by atoms with van der Waals surface area (Å²) in [6.45, 7) is 2.22. The fourth-order valence-electron chi connectivity index (χ4n) is 6.09. The Kier molecular flexibility index (Phi) is 18.2. The molecule has 1 amide bonds. The Morgan fingerprint density at radius 3 is 1.53 bits per heavy atom. The van der Waals surface area contributed by atoms with Crippen LogP contribution in [0.1, 0.15) is 24.5 Å². The highest BCUT2D eigenvalue weighted by Crippen LogP contribution is 2.27. The van der Waals surface area contributed by atoms with Gasteiger partial charge in [0.2, 0.25) is 5.91 Å². The van der Waals surface area contributed by atoms with Crippen LogP contribution in [-0.2, 0) is 47.3 Å². The van der Waals surface area contributed by atoms with Crippen molar-refractivity contribution in [1.82, 2.24) is 0 Å². The molecule has 0 atom stereocenters. The third-order valence-electron chi connectivity index (χ3n) is 9.16. The van der Waals surface area contributed by atoms with Gasteiger partial charge in [0.05, 0.1) is 16.2 Å². The van der Waals surface area contributed by atoms with Crippen molar-refractivity contribution < 1.29 is 65.3 Å². The summed E-state index contributed by atoms with van der Waals surface area (Å²) in [7, 11) is -7.96. The fourth-order valence-corrected chi connectivity index (χ4v) is 8.38. The number of hydrogen-bond acceptors (Lipinski definition) is 13. The zero-order valence-corrected chi connectivity index (χ0v) is 37.9. The van der Waals surface area contributed by atoms with E-state index < -0.39 is 47.5 Å². The Bertz CT molecular complexity index is 2900. The van der Waals surface area contributed by atoms with Gasteiger partial charge in [-0.1, -0.05) is 48.5 Å². The number of anilines is 3. The molecular formula is C47H46N4O15S2. The highest BCUT2D eigenvalue weighted by molar-refractivity contribution is 7.93. The molecule has 0 bridgehead atoms. The van der Waals surface area contributed by atoms with Crippen molar-refractivity contribution >= 4 is 60.6 Å². The number of ether oxygens (including phenoxy) is 4. The summed E-state index contributed by atoms with van der Waals surface area (Å²) >= 11 is 0. The summed E-state index contributed by atoms with van der Waals surface area (Å²) in [5, 5.41) is 31.5. The van der Waals surface area contributed by atoms with E-state index in [9.17, 15) is 41.3 Å². The first-order valence-electron chi connectivity index (χ1n) is 20.5. The molecule has 5 N–H and O–H groups in total. The number of amides is 1. The van der Waals surface area contributed by atoms with Gasteiger partial charge in [-0.25, -0.2) is 16.8 Å². The largest absolute Gasteiger partial charge is 0.490 e. The Morgan fingerprint density at radius 2 is 1.01 bits per heavy atom. The molecule has 21 heteroatoms. The van der Waals surface area contributed by atoms with Gasteiger partial charge in [0.1, 0.15) is 49.4 Å². The second kappa shape index (κ2) is 24.4. The maximum Gasteiger partial charge on any atom is 0.307 e. The van der Waals surface area contributed by atoms with Gasteiger partial charge in [0.15, 0.2) is 4.90 Å². The molecule has 356 valence electrons. The Labute approximate surface area is 391 Å². The molecule has 0 spiro atoms. The normalized spacial score (nSPS) is 10.9. The molecule has 0 aliphatic rings. The number of nitro benzene ring substituents is 1. The van der Waals surface area contributed by atoms with E-state index in [2.05, 4.69) is 14.8 Å². The molecule has 0 saturated carbocycles. The SMILES string of the molecule is CC(=O)Nc1ccc(S(=O)(=O)Nc2ccc(OCCOc3ccccc3CCC(=O)O)cc2)cc1.O=C(O)Cc1ccccc1OCCOc1ccc(NS(=O)(=O)c2ccccc2[N+](=O)[O-])cc1. The van der Waals surface area contributed by atoms with Gasteiger partial charge in [0, 0.05) is 42.0 Å². The number of nitrogens with one attached hydrogen (secondary N) is 3. The minimum Gasteiger partial charge on any atom is -0.490 e. The van der Waals surface area contributed by atoms with Crippen LogP contribution < -0.4 is 33.7 Å². The first-order valence-corrected chi connectivity index (χ1v) is 23.4. The van der Waals surface area contributed by atoms with E-state index >= 15 is 0 Å². The highest BCUT2D eigenvalue weighted by Gasteiger charge is 2.25. The molecule has 0 aliphatic heterocycles. The maximum atomic E-state index is 12.6. The number of para-hydroxylation sites is 3. The van der Waals surface area contributed by atoms with E-state index in [1.807, 2.05) is 18.2 Å². The molecule has 6 aromatic carbocycles. The van der Waals surface area contributed by atoms with Gasteiger partial charge >= 0.3 is 11.9 Å². The van der Waals surface area contributed by atoms with Crippen LogP contribution in [0.3, 0.4) is 0 Å². The molecule has 0 saturated heterocycles. The van der Waals surface area contributed by atoms with Crippen molar-refractivity contribution in [2.24, 2.45) is 0 Å². The van der Waals surface area contributed by atoms with Crippen molar-refractivity contribution in [2.75, 3.05) is 41.2 Å². The second-order valence-electron chi connectivity index (χ2n) is 14.3. The molecule has 0 fully saturated rings. The minimum absolute atomic E-state index is 0.0232. The number of nitrogens with zero attached hydrogens (tertiary/aromatic N) is 1. The van der Waals surface area contributed by atoms with E-state index in [0.717, 1.165) is 17.7 Å². The number of carboxylic acids is 2. The maximum absolute atomic E-state index is 12.6. The van der Waals surface area contributed by atoms with Crippen molar-refractivity contribution in [2.45, 2.75) is 36.0 Å². The monoisotopic (exact) mass is 970 g/mol. The summed E-state index contributed by atoms with van der Waals surface area (Å²) < 4.78 is 77.6. The van der Waals surface area contributed by atoms with E-state index in [-0.39, 0.29) is 55.8 Å². The van der Waals surface area contributed by atoms with Crippen LogP contribution in [0.15, 0.2) is 155 Å². The number of rotatable bonds is 23. The van der Waals surface area contributed by atoms with Crippen LogP contribution in [0.2, 0.25) is 0 Å². The molecule has 19 nitrogen and oxygen atoms in total. The number of carbonyl (C=O) groups is 3. The van der Waals surface area contributed by atoms with Gasteiger partial charge in [-0.05, 0) is 103 Å². The predicted molar refractivity (Wildman–Crippen MR) is 251 cm³/mol. The number of carbonyl (C=O) groups excluding carboxylic acids is 1. The molecular weight excluding hydrogens is 925 g/mol. The number of aliphatic carboxylic acids is 2. The second-order valence-corrected chi connectivity index (χ2v) is 17.6. The van der Waals surface area contributed by atoms with Crippen LogP contribution in [-0.4, -0.2) is 76.2 Å². The molecule has 68 heavy (non-hydrogen) atoms. The summed E-state index contributed by atoms with van der Waals surface area (Å²) in [6.07, 6.45) is 0.249. The van der Waals surface area contributed by atoms with Crippen molar-refractivity contribution in [3.05, 3.63) is 167 Å². The topological polar surface area (TPSA) is 276 Å². The molecule has 0 radical (unpaired) electrons. The smallest absolute Gasteiger partial charge is 0.307 e. The van der Waals surface area contributed by atoms with Crippen molar-refractivity contribution in [3.8, 4) is 23.0 Å². The highest BCUT2D eigenvalue weighted by atomic mass is 32.2.